The van der Waals surface area contributed by atoms with E-state index in [4.69, 9.17) is 0 Å². The summed E-state index contributed by atoms with van der Waals surface area (Å²) in [4.78, 5) is 11.2. The van der Waals surface area contributed by atoms with Crippen molar-refractivity contribution in [1.82, 2.24) is 5.01 Å². The van der Waals surface area contributed by atoms with E-state index in [0.717, 1.165) is 11.3 Å². The molecular formula is C11H12N2OS. The molecule has 0 spiro atoms. The number of rotatable bonds is 1. The van der Waals surface area contributed by atoms with Gasteiger partial charge >= 0.3 is 5.24 Å². The van der Waals surface area contributed by atoms with Gasteiger partial charge in [0.2, 0.25) is 0 Å². The van der Waals surface area contributed by atoms with Crippen LogP contribution in [0.5, 0.6) is 0 Å². The summed E-state index contributed by atoms with van der Waals surface area (Å²) in [6, 6.07) is 8.19. The minimum absolute atomic E-state index is 0.00543. The first-order chi connectivity index (χ1) is 7.16. The van der Waals surface area contributed by atoms with Gasteiger partial charge < -0.3 is 0 Å². The van der Waals surface area contributed by atoms with Crippen LogP contribution in [0.1, 0.15) is 11.1 Å². The predicted octanol–water partition coefficient (Wildman–Crippen LogP) is 2.50. The lowest BCUT2D eigenvalue weighted by molar-refractivity contribution is 0.235. The van der Waals surface area contributed by atoms with Crippen LogP contribution in [0.3, 0.4) is 0 Å². The molecule has 4 heteroatoms. The molecule has 0 saturated heterocycles. The minimum atomic E-state index is 0.00543. The third kappa shape index (κ3) is 2.21. The Bertz CT molecular complexity index is 411. The highest BCUT2D eigenvalue weighted by Crippen LogP contribution is 2.18. The van der Waals surface area contributed by atoms with Gasteiger partial charge in [-0.25, -0.2) is 5.01 Å². The molecule has 0 atom stereocenters. The van der Waals surface area contributed by atoms with Crippen molar-refractivity contribution in [2.75, 3.05) is 12.8 Å². The number of aryl methyl sites for hydroxylation is 1. The molecule has 0 aliphatic carbocycles. The summed E-state index contributed by atoms with van der Waals surface area (Å²) >= 11 is 1.29. The molecule has 1 aromatic rings. The molecule has 0 unspecified atom stereocenters. The fourth-order valence-electron chi connectivity index (χ4n) is 1.36. The number of hydrogen-bond acceptors (Lipinski definition) is 3. The summed E-state index contributed by atoms with van der Waals surface area (Å²) in [6.45, 7) is 2.05. The first-order valence-corrected chi connectivity index (χ1v) is 5.70. The molecule has 1 aliphatic rings. The molecule has 1 heterocycles. The third-order valence-corrected chi connectivity index (χ3v) is 3.18. The van der Waals surface area contributed by atoms with Crippen LogP contribution >= 0.6 is 11.8 Å². The van der Waals surface area contributed by atoms with Crippen LogP contribution in [0.2, 0.25) is 0 Å². The van der Waals surface area contributed by atoms with Crippen LogP contribution in [0.25, 0.3) is 0 Å². The van der Waals surface area contributed by atoms with E-state index < -0.39 is 0 Å². The van der Waals surface area contributed by atoms with E-state index in [2.05, 4.69) is 24.2 Å². The molecule has 1 aliphatic heterocycles. The Hall–Kier alpha value is -1.29. The molecule has 0 fully saturated rings. The highest BCUT2D eigenvalue weighted by atomic mass is 32.2. The molecule has 3 nitrogen and oxygen atoms in total. The number of hydrazone groups is 1. The van der Waals surface area contributed by atoms with E-state index in [0.29, 0.717) is 5.75 Å². The highest BCUT2D eigenvalue weighted by Gasteiger charge is 2.18. The molecule has 15 heavy (non-hydrogen) atoms. The Kier molecular flexibility index (Phi) is 2.77. The summed E-state index contributed by atoms with van der Waals surface area (Å²) < 4.78 is 0. The second kappa shape index (κ2) is 4.06. The molecular weight excluding hydrogens is 208 g/mol. The Morgan fingerprint density at radius 1 is 1.33 bits per heavy atom. The quantitative estimate of drug-likeness (QED) is 0.728. The number of amides is 1. The summed E-state index contributed by atoms with van der Waals surface area (Å²) in [5.41, 5.74) is 3.28. The lowest BCUT2D eigenvalue weighted by Crippen LogP contribution is -2.26. The zero-order valence-corrected chi connectivity index (χ0v) is 9.54. The van der Waals surface area contributed by atoms with Crippen LogP contribution in [0.15, 0.2) is 29.4 Å². The summed E-state index contributed by atoms with van der Waals surface area (Å²) in [7, 11) is 1.68. The first-order valence-electron chi connectivity index (χ1n) is 4.72. The Morgan fingerprint density at radius 2 is 2.00 bits per heavy atom. The molecule has 0 saturated carbocycles. The fraction of sp³-hybridized carbons (Fsp3) is 0.273. The van der Waals surface area contributed by atoms with E-state index in [1.54, 1.807) is 7.05 Å². The second-order valence-corrected chi connectivity index (χ2v) is 4.42. The van der Waals surface area contributed by atoms with Crippen molar-refractivity contribution in [3.8, 4) is 0 Å². The highest BCUT2D eigenvalue weighted by molar-refractivity contribution is 8.14. The van der Waals surface area contributed by atoms with Crippen molar-refractivity contribution >= 4 is 22.7 Å². The zero-order valence-electron chi connectivity index (χ0n) is 8.73. The van der Waals surface area contributed by atoms with E-state index in [1.165, 1.54) is 22.3 Å². The molecule has 78 valence electrons. The van der Waals surface area contributed by atoms with Gasteiger partial charge in [-0.1, -0.05) is 41.6 Å². The lowest BCUT2D eigenvalue weighted by atomic mass is 10.1. The lowest BCUT2D eigenvalue weighted by Gasteiger charge is -2.18. The van der Waals surface area contributed by atoms with Gasteiger partial charge in [0.1, 0.15) is 0 Å². The molecule has 0 N–H and O–H groups in total. The van der Waals surface area contributed by atoms with Crippen molar-refractivity contribution in [1.29, 1.82) is 0 Å². The average molecular weight is 220 g/mol. The summed E-state index contributed by atoms with van der Waals surface area (Å²) in [5.74, 6) is 0.659. The van der Waals surface area contributed by atoms with Gasteiger partial charge in [-0.05, 0) is 12.5 Å². The van der Waals surface area contributed by atoms with E-state index in [-0.39, 0.29) is 5.24 Å². The topological polar surface area (TPSA) is 32.7 Å². The number of carbonyl (C=O) groups excluding carboxylic acids is 1. The van der Waals surface area contributed by atoms with Crippen molar-refractivity contribution in [3.05, 3.63) is 35.4 Å². The van der Waals surface area contributed by atoms with Crippen LogP contribution < -0.4 is 0 Å². The number of carbonyl (C=O) groups is 1. The molecule has 1 amide bonds. The standard InChI is InChI=1S/C11H12N2OS/c1-8-3-5-9(6-4-8)10-7-15-11(14)13(2)12-10/h3-6H,7H2,1-2H3. The van der Waals surface area contributed by atoms with Crippen molar-refractivity contribution in [2.24, 2.45) is 5.10 Å². The molecule has 2 rings (SSSR count). The van der Waals surface area contributed by atoms with E-state index >= 15 is 0 Å². The monoisotopic (exact) mass is 220 g/mol. The maximum atomic E-state index is 11.2. The second-order valence-electron chi connectivity index (χ2n) is 3.49. The van der Waals surface area contributed by atoms with Gasteiger partial charge in [-0.15, -0.1) is 0 Å². The van der Waals surface area contributed by atoms with Gasteiger partial charge in [-0.3, -0.25) is 4.79 Å². The zero-order chi connectivity index (χ0) is 10.8. The van der Waals surface area contributed by atoms with Crippen molar-refractivity contribution < 1.29 is 4.79 Å². The fourth-order valence-corrected chi connectivity index (χ4v) is 2.07. The van der Waals surface area contributed by atoms with Crippen LogP contribution in [0.4, 0.5) is 4.79 Å². The Balaban J connectivity index is 2.28. The predicted molar refractivity (Wildman–Crippen MR) is 63.3 cm³/mol. The average Bonchev–Trinajstić information content (AvgIpc) is 2.23. The van der Waals surface area contributed by atoms with Crippen molar-refractivity contribution in [3.63, 3.8) is 0 Å². The maximum absolute atomic E-state index is 11.2. The Morgan fingerprint density at radius 3 is 2.60 bits per heavy atom. The summed E-state index contributed by atoms with van der Waals surface area (Å²) in [5, 5.41) is 5.64. The van der Waals surface area contributed by atoms with E-state index in [9.17, 15) is 4.79 Å². The van der Waals surface area contributed by atoms with Crippen LogP contribution in [-0.4, -0.2) is 28.8 Å². The number of nitrogens with zero attached hydrogens (tertiary/aromatic N) is 2. The first kappa shape index (κ1) is 10.2. The molecule has 0 bridgehead atoms. The van der Waals surface area contributed by atoms with Gasteiger partial charge in [0.05, 0.1) is 5.71 Å². The number of benzene rings is 1. The van der Waals surface area contributed by atoms with Gasteiger partial charge in [0, 0.05) is 12.8 Å². The SMILES string of the molecule is Cc1ccc(C2=NN(C)C(=O)SC2)cc1. The van der Waals surface area contributed by atoms with Crippen LogP contribution in [-0.2, 0) is 0 Å². The normalized spacial score (nSPS) is 16.5. The summed E-state index contributed by atoms with van der Waals surface area (Å²) in [6.07, 6.45) is 0. The maximum Gasteiger partial charge on any atom is 0.301 e. The third-order valence-electron chi connectivity index (χ3n) is 2.25. The number of hydrogen-bond donors (Lipinski definition) is 0. The Labute approximate surface area is 93.2 Å². The van der Waals surface area contributed by atoms with Crippen LogP contribution in [0, 0.1) is 6.92 Å². The largest absolute Gasteiger partial charge is 0.301 e. The van der Waals surface area contributed by atoms with Gasteiger partial charge in [0.25, 0.3) is 0 Å². The molecule has 1 aromatic carbocycles. The smallest absolute Gasteiger partial charge is 0.260 e. The van der Waals surface area contributed by atoms with Gasteiger partial charge in [-0.2, -0.15) is 5.10 Å². The van der Waals surface area contributed by atoms with E-state index in [1.807, 2.05) is 12.1 Å². The molecule has 0 radical (unpaired) electrons. The minimum Gasteiger partial charge on any atom is -0.260 e. The molecule has 0 aromatic heterocycles. The van der Waals surface area contributed by atoms with Crippen molar-refractivity contribution in [2.45, 2.75) is 6.92 Å². The number of thioether (sulfide) groups is 1. The van der Waals surface area contributed by atoms with Gasteiger partial charge in [0.15, 0.2) is 0 Å².